The SMILES string of the molecule is O=C(CSc1nnc(Cc2cccs2)n1-c1ccccc1)NCc1ccccc1. The number of thiophene rings is 1. The maximum absolute atomic E-state index is 12.3. The molecule has 0 fully saturated rings. The van der Waals surface area contributed by atoms with E-state index in [1.165, 1.54) is 16.6 Å². The number of amides is 1. The van der Waals surface area contributed by atoms with E-state index in [0.717, 1.165) is 22.2 Å². The number of para-hydroxylation sites is 1. The Morgan fingerprint density at radius 1 is 0.966 bits per heavy atom. The molecule has 146 valence electrons. The average molecular weight is 421 g/mol. The first-order valence-corrected chi connectivity index (χ1v) is 11.1. The highest BCUT2D eigenvalue weighted by Gasteiger charge is 2.16. The predicted octanol–water partition coefficient (Wildman–Crippen LogP) is 4.33. The summed E-state index contributed by atoms with van der Waals surface area (Å²) in [5.41, 5.74) is 2.08. The van der Waals surface area contributed by atoms with Gasteiger partial charge in [-0.1, -0.05) is 66.4 Å². The standard InChI is InChI=1S/C22H20N4OS2/c27-21(23-15-17-8-3-1-4-9-17)16-29-22-25-24-20(14-19-12-7-13-28-19)26(22)18-10-5-2-6-11-18/h1-13H,14-16H2,(H,23,27). The summed E-state index contributed by atoms with van der Waals surface area (Å²) in [5, 5.41) is 14.5. The minimum atomic E-state index is -0.0266. The van der Waals surface area contributed by atoms with E-state index in [9.17, 15) is 4.79 Å². The van der Waals surface area contributed by atoms with Gasteiger partial charge in [-0.2, -0.15) is 0 Å². The number of carbonyl (C=O) groups excluding carboxylic acids is 1. The van der Waals surface area contributed by atoms with Crippen molar-refractivity contribution in [2.45, 2.75) is 18.1 Å². The Balaban J connectivity index is 1.46. The molecule has 0 bridgehead atoms. The van der Waals surface area contributed by atoms with Crippen LogP contribution in [0.15, 0.2) is 83.3 Å². The first-order valence-electron chi connectivity index (χ1n) is 9.25. The van der Waals surface area contributed by atoms with Gasteiger partial charge in [0.25, 0.3) is 0 Å². The lowest BCUT2D eigenvalue weighted by Crippen LogP contribution is -2.24. The van der Waals surface area contributed by atoms with Gasteiger partial charge in [0.05, 0.1) is 5.75 Å². The van der Waals surface area contributed by atoms with Crippen LogP contribution in [0.3, 0.4) is 0 Å². The smallest absolute Gasteiger partial charge is 0.230 e. The van der Waals surface area contributed by atoms with E-state index in [1.54, 1.807) is 11.3 Å². The number of aromatic nitrogens is 3. The fourth-order valence-electron chi connectivity index (χ4n) is 2.89. The Bertz CT molecular complexity index is 1050. The van der Waals surface area contributed by atoms with Crippen LogP contribution in [0.25, 0.3) is 5.69 Å². The fraction of sp³-hybridized carbons (Fsp3) is 0.136. The molecule has 2 aromatic carbocycles. The average Bonchev–Trinajstić information content (AvgIpc) is 3.42. The van der Waals surface area contributed by atoms with Crippen LogP contribution < -0.4 is 5.32 Å². The van der Waals surface area contributed by atoms with Gasteiger partial charge in [0.2, 0.25) is 5.91 Å². The largest absolute Gasteiger partial charge is 0.351 e. The van der Waals surface area contributed by atoms with Crippen molar-refractivity contribution >= 4 is 29.0 Å². The second-order valence-electron chi connectivity index (χ2n) is 6.38. The molecule has 0 atom stereocenters. The van der Waals surface area contributed by atoms with E-state index in [1.807, 2.05) is 71.3 Å². The van der Waals surface area contributed by atoms with Crippen LogP contribution in [0.4, 0.5) is 0 Å². The van der Waals surface area contributed by atoms with Gasteiger partial charge >= 0.3 is 0 Å². The number of benzene rings is 2. The normalized spacial score (nSPS) is 10.8. The molecule has 2 aromatic heterocycles. The van der Waals surface area contributed by atoms with Gasteiger partial charge in [0.1, 0.15) is 5.82 Å². The van der Waals surface area contributed by atoms with E-state index >= 15 is 0 Å². The van der Waals surface area contributed by atoms with Crippen LogP contribution in [0, 0.1) is 0 Å². The third kappa shape index (κ3) is 5.13. The maximum Gasteiger partial charge on any atom is 0.230 e. The molecule has 5 nitrogen and oxygen atoms in total. The van der Waals surface area contributed by atoms with Crippen LogP contribution >= 0.6 is 23.1 Å². The summed E-state index contributed by atoms with van der Waals surface area (Å²) < 4.78 is 2.04. The number of hydrogen-bond donors (Lipinski definition) is 1. The van der Waals surface area contributed by atoms with Crippen molar-refractivity contribution in [2.24, 2.45) is 0 Å². The monoisotopic (exact) mass is 420 g/mol. The lowest BCUT2D eigenvalue weighted by Gasteiger charge is -2.10. The van der Waals surface area contributed by atoms with Crippen molar-refractivity contribution in [3.63, 3.8) is 0 Å². The summed E-state index contributed by atoms with van der Waals surface area (Å²) in [6.07, 6.45) is 0.709. The summed E-state index contributed by atoms with van der Waals surface area (Å²) in [6, 6.07) is 24.0. The Morgan fingerprint density at radius 2 is 1.72 bits per heavy atom. The summed E-state index contributed by atoms with van der Waals surface area (Å²) in [5.74, 6) is 1.13. The molecule has 0 radical (unpaired) electrons. The zero-order valence-corrected chi connectivity index (χ0v) is 17.3. The summed E-state index contributed by atoms with van der Waals surface area (Å²) in [7, 11) is 0. The molecular weight excluding hydrogens is 400 g/mol. The third-order valence-electron chi connectivity index (χ3n) is 4.29. The zero-order chi connectivity index (χ0) is 19.9. The highest BCUT2D eigenvalue weighted by molar-refractivity contribution is 7.99. The molecule has 0 aliphatic heterocycles. The molecule has 0 unspecified atom stereocenters. The Morgan fingerprint density at radius 3 is 2.45 bits per heavy atom. The van der Waals surface area contributed by atoms with Crippen molar-refractivity contribution in [2.75, 3.05) is 5.75 Å². The van der Waals surface area contributed by atoms with Crippen LogP contribution in [0.1, 0.15) is 16.3 Å². The van der Waals surface area contributed by atoms with E-state index < -0.39 is 0 Å². The number of nitrogens with zero attached hydrogens (tertiary/aromatic N) is 3. The number of nitrogens with one attached hydrogen (secondary N) is 1. The molecule has 4 aromatic rings. The number of rotatable bonds is 8. The van der Waals surface area contributed by atoms with Gasteiger partial charge in [0.15, 0.2) is 5.16 Å². The Hall–Kier alpha value is -2.90. The van der Waals surface area contributed by atoms with Gasteiger partial charge in [-0.15, -0.1) is 21.5 Å². The molecule has 0 aliphatic carbocycles. The number of thioether (sulfide) groups is 1. The van der Waals surface area contributed by atoms with Crippen molar-refractivity contribution in [3.8, 4) is 5.69 Å². The highest BCUT2D eigenvalue weighted by Crippen LogP contribution is 2.24. The third-order valence-corrected chi connectivity index (χ3v) is 6.10. The van der Waals surface area contributed by atoms with Gasteiger partial charge in [-0.05, 0) is 29.1 Å². The Kier molecular flexibility index (Phi) is 6.38. The molecule has 0 saturated carbocycles. The second kappa shape index (κ2) is 9.54. The van der Waals surface area contributed by atoms with Crippen LogP contribution in [-0.4, -0.2) is 26.4 Å². The quantitative estimate of drug-likeness (QED) is 0.431. The predicted molar refractivity (Wildman–Crippen MR) is 117 cm³/mol. The molecule has 0 spiro atoms. The molecule has 1 amide bonds. The van der Waals surface area contributed by atoms with Gasteiger partial charge in [-0.3, -0.25) is 9.36 Å². The number of hydrogen-bond acceptors (Lipinski definition) is 5. The van der Waals surface area contributed by atoms with E-state index in [4.69, 9.17) is 0 Å². The highest BCUT2D eigenvalue weighted by atomic mass is 32.2. The Labute approximate surface area is 177 Å². The van der Waals surface area contributed by atoms with Crippen LogP contribution in [0.2, 0.25) is 0 Å². The second-order valence-corrected chi connectivity index (χ2v) is 8.35. The van der Waals surface area contributed by atoms with Crippen LogP contribution in [0.5, 0.6) is 0 Å². The molecule has 0 aliphatic rings. The van der Waals surface area contributed by atoms with Gasteiger partial charge < -0.3 is 5.32 Å². The lowest BCUT2D eigenvalue weighted by atomic mass is 10.2. The molecule has 7 heteroatoms. The van der Waals surface area contributed by atoms with Crippen molar-refractivity contribution < 1.29 is 4.79 Å². The van der Waals surface area contributed by atoms with Crippen LogP contribution in [-0.2, 0) is 17.8 Å². The lowest BCUT2D eigenvalue weighted by molar-refractivity contribution is -0.118. The summed E-state index contributed by atoms with van der Waals surface area (Å²) >= 11 is 3.10. The minimum Gasteiger partial charge on any atom is -0.351 e. The van der Waals surface area contributed by atoms with Gasteiger partial charge in [0, 0.05) is 23.5 Å². The van der Waals surface area contributed by atoms with E-state index in [-0.39, 0.29) is 11.7 Å². The maximum atomic E-state index is 12.3. The number of carbonyl (C=O) groups is 1. The molecule has 1 N–H and O–H groups in total. The van der Waals surface area contributed by atoms with Crippen molar-refractivity contribution in [1.82, 2.24) is 20.1 Å². The zero-order valence-electron chi connectivity index (χ0n) is 15.7. The molecule has 4 rings (SSSR count). The molecule has 0 saturated heterocycles. The van der Waals surface area contributed by atoms with E-state index in [0.29, 0.717) is 13.0 Å². The molecule has 29 heavy (non-hydrogen) atoms. The topological polar surface area (TPSA) is 59.8 Å². The van der Waals surface area contributed by atoms with Gasteiger partial charge in [-0.25, -0.2) is 0 Å². The van der Waals surface area contributed by atoms with Crippen molar-refractivity contribution in [3.05, 3.63) is 94.4 Å². The molecular formula is C22H20N4OS2. The minimum absolute atomic E-state index is 0.0266. The summed E-state index contributed by atoms with van der Waals surface area (Å²) in [6.45, 7) is 0.523. The first kappa shape index (κ1) is 19.4. The van der Waals surface area contributed by atoms with E-state index in [2.05, 4.69) is 27.0 Å². The fourth-order valence-corrected chi connectivity index (χ4v) is 4.39. The first-order chi connectivity index (χ1) is 14.3. The summed E-state index contributed by atoms with van der Waals surface area (Å²) in [4.78, 5) is 13.5. The molecule has 2 heterocycles. The van der Waals surface area contributed by atoms with Crippen molar-refractivity contribution in [1.29, 1.82) is 0 Å².